The summed E-state index contributed by atoms with van der Waals surface area (Å²) in [5, 5.41) is 0. The van der Waals surface area contributed by atoms with E-state index in [0.29, 0.717) is 5.92 Å². The Morgan fingerprint density at radius 2 is 2.00 bits per heavy atom. The number of hydrogen-bond acceptors (Lipinski definition) is 2. The van der Waals surface area contributed by atoms with Gasteiger partial charge in [-0.3, -0.25) is 4.79 Å². The van der Waals surface area contributed by atoms with Crippen molar-refractivity contribution in [3.63, 3.8) is 0 Å². The number of primary amides is 1. The maximum absolute atomic E-state index is 10.9. The lowest BCUT2D eigenvalue weighted by molar-refractivity contribution is -0.131. The highest BCUT2D eigenvalue weighted by molar-refractivity contribution is 5.79. The highest BCUT2D eigenvalue weighted by Gasteiger charge is 2.27. The average Bonchev–Trinajstić information content (AvgIpc) is 2.07. The van der Waals surface area contributed by atoms with Gasteiger partial charge in [0.1, 0.15) is 6.10 Å². The molecule has 1 aliphatic rings. The van der Waals surface area contributed by atoms with E-state index in [-0.39, 0.29) is 12.0 Å². The summed E-state index contributed by atoms with van der Waals surface area (Å²) in [4.78, 5) is 10.9. The van der Waals surface area contributed by atoms with E-state index < -0.39 is 0 Å². The molecule has 0 saturated heterocycles. The van der Waals surface area contributed by atoms with Gasteiger partial charge in [0, 0.05) is 7.11 Å². The van der Waals surface area contributed by atoms with Gasteiger partial charge in [0.15, 0.2) is 0 Å². The predicted molar refractivity (Wildman–Crippen MR) is 46.6 cm³/mol. The molecule has 0 unspecified atom stereocenters. The molecule has 1 saturated carbocycles. The lowest BCUT2D eigenvalue weighted by atomic mass is 9.85. The summed E-state index contributed by atoms with van der Waals surface area (Å²) in [6.45, 7) is 0. The van der Waals surface area contributed by atoms with E-state index in [1.54, 1.807) is 7.11 Å². The monoisotopic (exact) mass is 171 g/mol. The van der Waals surface area contributed by atoms with Crippen LogP contribution in [0, 0.1) is 5.92 Å². The molecule has 1 aliphatic carbocycles. The zero-order chi connectivity index (χ0) is 8.97. The van der Waals surface area contributed by atoms with Gasteiger partial charge >= 0.3 is 0 Å². The molecular formula is C9H17NO2. The molecule has 0 radical (unpaired) electrons. The van der Waals surface area contributed by atoms with Crippen LogP contribution in [0.25, 0.3) is 0 Å². The standard InChI is InChI=1S/C9H17NO2/c1-12-8(9(10)11)7-5-3-2-4-6-7/h7-8H,2-6H2,1H3,(H2,10,11)/t8-/m1/s1. The quantitative estimate of drug-likeness (QED) is 0.690. The van der Waals surface area contributed by atoms with Gasteiger partial charge in [-0.2, -0.15) is 0 Å². The first-order chi connectivity index (χ1) is 5.75. The fourth-order valence-corrected chi connectivity index (χ4v) is 1.98. The van der Waals surface area contributed by atoms with Crippen molar-refractivity contribution in [3.05, 3.63) is 0 Å². The van der Waals surface area contributed by atoms with Crippen molar-refractivity contribution in [1.82, 2.24) is 0 Å². The Kier molecular flexibility index (Phi) is 3.53. The van der Waals surface area contributed by atoms with Crippen molar-refractivity contribution in [2.24, 2.45) is 11.7 Å². The second-order valence-electron chi connectivity index (χ2n) is 3.46. The van der Waals surface area contributed by atoms with Gasteiger partial charge in [-0.15, -0.1) is 0 Å². The van der Waals surface area contributed by atoms with Crippen LogP contribution >= 0.6 is 0 Å². The first-order valence-electron chi connectivity index (χ1n) is 4.58. The summed E-state index contributed by atoms with van der Waals surface area (Å²) in [7, 11) is 1.56. The minimum absolute atomic E-state index is 0.315. The number of nitrogens with two attached hydrogens (primary N) is 1. The van der Waals surface area contributed by atoms with Crippen LogP contribution in [0.15, 0.2) is 0 Å². The predicted octanol–water partition coefficient (Wildman–Crippen LogP) is 1.07. The van der Waals surface area contributed by atoms with Crippen molar-refractivity contribution in [2.75, 3.05) is 7.11 Å². The molecule has 0 aromatic carbocycles. The molecular weight excluding hydrogens is 154 g/mol. The molecule has 0 heterocycles. The first kappa shape index (κ1) is 9.52. The number of carbonyl (C=O) groups excluding carboxylic acids is 1. The minimum atomic E-state index is -0.356. The van der Waals surface area contributed by atoms with Gasteiger partial charge in [-0.05, 0) is 18.8 Å². The second kappa shape index (κ2) is 4.45. The Balaban J connectivity index is 2.46. The van der Waals surface area contributed by atoms with Crippen LogP contribution in [-0.4, -0.2) is 19.1 Å². The van der Waals surface area contributed by atoms with Gasteiger partial charge in [0.05, 0.1) is 0 Å². The Bertz CT molecular complexity index is 153. The van der Waals surface area contributed by atoms with E-state index in [2.05, 4.69) is 0 Å². The van der Waals surface area contributed by atoms with E-state index in [1.165, 1.54) is 19.3 Å². The van der Waals surface area contributed by atoms with Crippen LogP contribution in [-0.2, 0) is 9.53 Å². The minimum Gasteiger partial charge on any atom is -0.371 e. The Morgan fingerprint density at radius 3 is 2.42 bits per heavy atom. The summed E-state index contributed by atoms with van der Waals surface area (Å²) in [6, 6.07) is 0. The molecule has 1 amide bonds. The molecule has 0 aromatic heterocycles. The summed E-state index contributed by atoms with van der Waals surface area (Å²) in [5.41, 5.74) is 5.21. The van der Waals surface area contributed by atoms with E-state index in [0.717, 1.165) is 12.8 Å². The molecule has 3 nitrogen and oxygen atoms in total. The maximum Gasteiger partial charge on any atom is 0.246 e. The average molecular weight is 171 g/mol. The van der Waals surface area contributed by atoms with Crippen LogP contribution in [0.4, 0.5) is 0 Å². The molecule has 0 aromatic rings. The van der Waals surface area contributed by atoms with Crippen LogP contribution in [0.3, 0.4) is 0 Å². The first-order valence-corrected chi connectivity index (χ1v) is 4.58. The number of rotatable bonds is 3. The molecule has 0 spiro atoms. The summed E-state index contributed by atoms with van der Waals surface area (Å²) >= 11 is 0. The van der Waals surface area contributed by atoms with E-state index in [4.69, 9.17) is 10.5 Å². The Hall–Kier alpha value is -0.570. The van der Waals surface area contributed by atoms with Crippen LogP contribution in [0.1, 0.15) is 32.1 Å². The topological polar surface area (TPSA) is 52.3 Å². The molecule has 12 heavy (non-hydrogen) atoms. The highest BCUT2D eigenvalue weighted by Crippen LogP contribution is 2.27. The highest BCUT2D eigenvalue weighted by atomic mass is 16.5. The second-order valence-corrected chi connectivity index (χ2v) is 3.46. The lowest BCUT2D eigenvalue weighted by Gasteiger charge is -2.26. The largest absolute Gasteiger partial charge is 0.371 e. The zero-order valence-electron chi connectivity index (χ0n) is 7.58. The van der Waals surface area contributed by atoms with Crippen molar-refractivity contribution < 1.29 is 9.53 Å². The smallest absolute Gasteiger partial charge is 0.246 e. The van der Waals surface area contributed by atoms with E-state index in [9.17, 15) is 4.79 Å². The Morgan fingerprint density at radius 1 is 1.42 bits per heavy atom. The SMILES string of the molecule is CO[C@@H](C(N)=O)C1CCCCC1. The van der Waals surface area contributed by atoms with Crippen LogP contribution < -0.4 is 5.73 Å². The number of carbonyl (C=O) groups is 1. The normalized spacial score (nSPS) is 22.1. The number of ether oxygens (including phenoxy) is 1. The third-order valence-corrected chi connectivity index (χ3v) is 2.61. The van der Waals surface area contributed by atoms with Gasteiger partial charge in [-0.25, -0.2) is 0 Å². The molecule has 1 atom stereocenters. The third-order valence-electron chi connectivity index (χ3n) is 2.61. The summed E-state index contributed by atoms with van der Waals surface area (Å²) in [5.74, 6) is 0.0469. The molecule has 2 N–H and O–H groups in total. The molecule has 0 bridgehead atoms. The van der Waals surface area contributed by atoms with Crippen molar-refractivity contribution >= 4 is 5.91 Å². The number of methoxy groups -OCH3 is 1. The van der Waals surface area contributed by atoms with Crippen LogP contribution in [0.2, 0.25) is 0 Å². The van der Waals surface area contributed by atoms with Crippen molar-refractivity contribution in [2.45, 2.75) is 38.2 Å². The Labute approximate surface area is 73.3 Å². The maximum atomic E-state index is 10.9. The zero-order valence-corrected chi connectivity index (χ0v) is 7.58. The van der Waals surface area contributed by atoms with Gasteiger partial charge < -0.3 is 10.5 Å². The van der Waals surface area contributed by atoms with Crippen molar-refractivity contribution in [1.29, 1.82) is 0 Å². The van der Waals surface area contributed by atoms with Gasteiger partial charge in [0.25, 0.3) is 0 Å². The van der Waals surface area contributed by atoms with E-state index >= 15 is 0 Å². The molecule has 1 fully saturated rings. The summed E-state index contributed by atoms with van der Waals surface area (Å²) in [6.07, 6.45) is 5.51. The molecule has 3 heteroatoms. The molecule has 70 valence electrons. The van der Waals surface area contributed by atoms with Crippen LogP contribution in [0.5, 0.6) is 0 Å². The van der Waals surface area contributed by atoms with Crippen molar-refractivity contribution in [3.8, 4) is 0 Å². The van der Waals surface area contributed by atoms with E-state index in [1.807, 2.05) is 0 Å². The number of hydrogen-bond donors (Lipinski definition) is 1. The fraction of sp³-hybridized carbons (Fsp3) is 0.889. The van der Waals surface area contributed by atoms with Gasteiger partial charge in [0.2, 0.25) is 5.91 Å². The molecule has 0 aliphatic heterocycles. The lowest BCUT2D eigenvalue weighted by Crippen LogP contribution is -2.37. The van der Waals surface area contributed by atoms with Gasteiger partial charge in [-0.1, -0.05) is 19.3 Å². The summed E-state index contributed by atoms with van der Waals surface area (Å²) < 4.78 is 5.08. The third kappa shape index (κ3) is 2.21. The molecule has 1 rings (SSSR count). The number of amides is 1. The fourth-order valence-electron chi connectivity index (χ4n) is 1.98.